The predicted octanol–water partition coefficient (Wildman–Crippen LogP) is 3.82. The van der Waals surface area contributed by atoms with Crippen molar-refractivity contribution in [3.05, 3.63) is 40.9 Å². The van der Waals surface area contributed by atoms with Crippen LogP contribution in [0.25, 0.3) is 0 Å². The lowest BCUT2D eigenvalue weighted by atomic mass is 9.82. The first-order valence-electron chi connectivity index (χ1n) is 7.27. The van der Waals surface area contributed by atoms with Crippen molar-refractivity contribution in [2.24, 2.45) is 23.7 Å². The monoisotopic (exact) mass is 359 g/mol. The second-order valence-electron chi connectivity index (χ2n) is 6.02. The van der Waals surface area contributed by atoms with Gasteiger partial charge in [-0.2, -0.15) is 13.2 Å². The highest BCUT2D eigenvalue weighted by atomic mass is 35.5. The molecular weight excluding hydrogens is 347 g/mol. The Hall–Kier alpha value is -2.02. The zero-order valence-corrected chi connectivity index (χ0v) is 12.9. The van der Waals surface area contributed by atoms with Crippen molar-refractivity contribution in [3.63, 3.8) is 0 Å². The minimum Gasteiger partial charge on any atom is -0.481 e. The van der Waals surface area contributed by atoms with Crippen LogP contribution in [-0.2, 0) is 15.8 Å². The maximum Gasteiger partial charge on any atom is 0.416 e. The number of halogens is 4. The van der Waals surface area contributed by atoms with Crippen LogP contribution in [0, 0.1) is 23.7 Å². The van der Waals surface area contributed by atoms with Crippen molar-refractivity contribution >= 4 is 29.2 Å². The van der Waals surface area contributed by atoms with Gasteiger partial charge in [-0.1, -0.05) is 23.8 Å². The molecule has 1 aromatic carbocycles. The highest BCUT2D eigenvalue weighted by Crippen LogP contribution is 2.48. The number of rotatable bonds is 3. The quantitative estimate of drug-likeness (QED) is 0.806. The number of nitrogens with one attached hydrogen (secondary N) is 1. The van der Waals surface area contributed by atoms with E-state index in [2.05, 4.69) is 5.32 Å². The fraction of sp³-hybridized carbons (Fsp3) is 0.375. The first-order chi connectivity index (χ1) is 11.2. The molecule has 8 heteroatoms. The molecular formula is C16H13ClF3NO3. The number of allylic oxidation sites excluding steroid dienone is 2. The van der Waals surface area contributed by atoms with Gasteiger partial charge in [-0.15, -0.1) is 0 Å². The second-order valence-corrected chi connectivity index (χ2v) is 6.43. The van der Waals surface area contributed by atoms with Crippen LogP contribution in [0.1, 0.15) is 12.0 Å². The van der Waals surface area contributed by atoms with Gasteiger partial charge in [0, 0.05) is 0 Å². The van der Waals surface area contributed by atoms with Crippen LogP contribution < -0.4 is 5.32 Å². The highest BCUT2D eigenvalue weighted by molar-refractivity contribution is 6.33. The molecule has 0 spiro atoms. The molecule has 0 saturated heterocycles. The van der Waals surface area contributed by atoms with Crippen molar-refractivity contribution < 1.29 is 27.9 Å². The van der Waals surface area contributed by atoms with Gasteiger partial charge >= 0.3 is 12.1 Å². The fourth-order valence-electron chi connectivity index (χ4n) is 3.53. The molecule has 0 aliphatic heterocycles. The van der Waals surface area contributed by atoms with Gasteiger partial charge in [0.05, 0.1) is 28.1 Å². The molecule has 3 rings (SSSR count). The summed E-state index contributed by atoms with van der Waals surface area (Å²) in [6.45, 7) is 0. The number of amides is 1. The third-order valence-corrected chi connectivity index (χ3v) is 4.93. The third-order valence-electron chi connectivity index (χ3n) is 4.60. The number of fused-ring (bicyclic) bond motifs is 2. The number of benzene rings is 1. The van der Waals surface area contributed by atoms with E-state index in [1.165, 1.54) is 0 Å². The van der Waals surface area contributed by atoms with Gasteiger partial charge in [-0.05, 0) is 36.5 Å². The summed E-state index contributed by atoms with van der Waals surface area (Å²) in [5.41, 5.74) is -1.11. The maximum absolute atomic E-state index is 12.8. The van der Waals surface area contributed by atoms with Crippen LogP contribution in [0.4, 0.5) is 18.9 Å². The van der Waals surface area contributed by atoms with Crippen LogP contribution in [0.15, 0.2) is 30.4 Å². The molecule has 24 heavy (non-hydrogen) atoms. The Morgan fingerprint density at radius 1 is 1.17 bits per heavy atom. The summed E-state index contributed by atoms with van der Waals surface area (Å²) in [6, 6.07) is 2.62. The Kier molecular flexibility index (Phi) is 4.07. The van der Waals surface area contributed by atoms with Crippen molar-refractivity contribution in [1.29, 1.82) is 0 Å². The number of carbonyl (C=O) groups is 2. The molecule has 2 aliphatic carbocycles. The summed E-state index contributed by atoms with van der Waals surface area (Å²) in [5.74, 6) is -3.84. The topological polar surface area (TPSA) is 66.4 Å². The van der Waals surface area contributed by atoms with E-state index in [0.717, 1.165) is 18.2 Å². The van der Waals surface area contributed by atoms with E-state index >= 15 is 0 Å². The van der Waals surface area contributed by atoms with Gasteiger partial charge < -0.3 is 10.4 Å². The van der Waals surface area contributed by atoms with Crippen LogP contribution in [0.2, 0.25) is 5.02 Å². The van der Waals surface area contributed by atoms with Gasteiger partial charge in [-0.3, -0.25) is 9.59 Å². The minimum atomic E-state index is -4.57. The Morgan fingerprint density at radius 2 is 1.79 bits per heavy atom. The molecule has 1 saturated carbocycles. The molecule has 0 heterocycles. The predicted molar refractivity (Wildman–Crippen MR) is 80.4 cm³/mol. The van der Waals surface area contributed by atoms with E-state index < -0.39 is 35.5 Å². The lowest BCUT2D eigenvalue weighted by Gasteiger charge is -2.24. The molecule has 0 unspecified atom stereocenters. The average Bonchev–Trinajstić information content (AvgIpc) is 3.08. The molecule has 0 aromatic heterocycles. The summed E-state index contributed by atoms with van der Waals surface area (Å²) >= 11 is 5.86. The number of aliphatic carboxylic acids is 1. The summed E-state index contributed by atoms with van der Waals surface area (Å²) < 4.78 is 38.4. The van der Waals surface area contributed by atoms with E-state index in [1.54, 1.807) is 12.2 Å². The maximum atomic E-state index is 12.8. The van der Waals surface area contributed by atoms with Crippen LogP contribution in [-0.4, -0.2) is 17.0 Å². The summed E-state index contributed by atoms with van der Waals surface area (Å²) in [4.78, 5) is 23.9. The Labute approximate surface area is 140 Å². The zero-order valence-electron chi connectivity index (χ0n) is 12.2. The molecule has 1 amide bonds. The van der Waals surface area contributed by atoms with E-state index in [1.807, 2.05) is 0 Å². The standard InChI is InChI=1S/C16H13ClF3NO3/c17-10-4-3-9(16(18,19)20)6-11(10)21-14(22)12-7-1-2-8(5-7)13(12)15(23)24/h1-4,6-8,12-13H,5H2,(H,21,22)(H,23,24)/t7-,8-,12-,13+/m0/s1. The van der Waals surface area contributed by atoms with Gasteiger partial charge in [0.15, 0.2) is 0 Å². The van der Waals surface area contributed by atoms with Gasteiger partial charge in [0.25, 0.3) is 0 Å². The summed E-state index contributed by atoms with van der Waals surface area (Å²) in [5, 5.41) is 11.7. The molecule has 1 aromatic rings. The SMILES string of the molecule is O=C(Nc1cc(C(F)(F)F)ccc1Cl)[C@@H]1[C@H](C(=O)O)[C@H]2C=C[C@H]1C2. The Bertz CT molecular complexity index is 732. The van der Waals surface area contributed by atoms with Crippen LogP contribution >= 0.6 is 11.6 Å². The minimum absolute atomic E-state index is 0.0399. The van der Waals surface area contributed by atoms with Crippen molar-refractivity contribution in [2.75, 3.05) is 5.32 Å². The largest absolute Gasteiger partial charge is 0.481 e. The first-order valence-corrected chi connectivity index (χ1v) is 7.65. The second kappa shape index (κ2) is 5.81. The van der Waals surface area contributed by atoms with Gasteiger partial charge in [-0.25, -0.2) is 0 Å². The third kappa shape index (κ3) is 2.88. The highest BCUT2D eigenvalue weighted by Gasteiger charge is 2.51. The number of carbonyl (C=O) groups excluding carboxylic acids is 1. The number of hydrogen-bond donors (Lipinski definition) is 2. The normalized spacial score (nSPS) is 28.2. The Morgan fingerprint density at radius 3 is 2.38 bits per heavy atom. The van der Waals surface area contributed by atoms with E-state index in [-0.39, 0.29) is 22.5 Å². The fourth-order valence-corrected chi connectivity index (χ4v) is 3.69. The average molecular weight is 360 g/mol. The summed E-state index contributed by atoms with van der Waals surface area (Å²) in [7, 11) is 0. The van der Waals surface area contributed by atoms with Crippen LogP contribution in [0.5, 0.6) is 0 Å². The molecule has 0 radical (unpaired) electrons. The molecule has 2 N–H and O–H groups in total. The van der Waals surface area contributed by atoms with Crippen molar-refractivity contribution in [1.82, 2.24) is 0 Å². The number of alkyl halides is 3. The lowest BCUT2D eigenvalue weighted by molar-refractivity contribution is -0.146. The number of carboxylic acid groups (broad SMARTS) is 1. The van der Waals surface area contributed by atoms with E-state index in [0.29, 0.717) is 6.42 Å². The molecule has 2 bridgehead atoms. The number of carboxylic acids is 1. The van der Waals surface area contributed by atoms with Gasteiger partial charge in [0.1, 0.15) is 0 Å². The molecule has 1 fully saturated rings. The van der Waals surface area contributed by atoms with E-state index in [4.69, 9.17) is 11.6 Å². The van der Waals surface area contributed by atoms with Crippen molar-refractivity contribution in [3.8, 4) is 0 Å². The van der Waals surface area contributed by atoms with Crippen molar-refractivity contribution in [2.45, 2.75) is 12.6 Å². The lowest BCUT2D eigenvalue weighted by Crippen LogP contribution is -2.36. The molecule has 2 aliphatic rings. The number of anilines is 1. The smallest absolute Gasteiger partial charge is 0.416 e. The van der Waals surface area contributed by atoms with E-state index in [9.17, 15) is 27.9 Å². The molecule has 4 nitrogen and oxygen atoms in total. The van der Waals surface area contributed by atoms with Gasteiger partial charge in [0.2, 0.25) is 5.91 Å². The molecule has 4 atom stereocenters. The summed E-state index contributed by atoms with van der Waals surface area (Å²) in [6.07, 6.45) is -0.430. The van der Waals surface area contributed by atoms with Crippen LogP contribution in [0.3, 0.4) is 0 Å². The number of hydrogen-bond acceptors (Lipinski definition) is 2. The molecule has 128 valence electrons. The zero-order chi connectivity index (χ0) is 17.6. The Balaban J connectivity index is 1.85. The first kappa shape index (κ1) is 16.8.